The first-order chi connectivity index (χ1) is 5.73. The Labute approximate surface area is 77.7 Å². The largest absolute Gasteiger partial charge is 0.406 e. The highest BCUT2D eigenvalue weighted by molar-refractivity contribution is 4.89. The lowest BCUT2D eigenvalue weighted by atomic mass is 9.91. The predicted molar refractivity (Wildman–Crippen MR) is 47.6 cm³/mol. The number of halogens is 3. The molecule has 0 bridgehead atoms. The number of hydrogen-bond acceptors (Lipinski definition) is 1. The van der Waals surface area contributed by atoms with Crippen molar-refractivity contribution in [3.05, 3.63) is 0 Å². The van der Waals surface area contributed by atoms with Gasteiger partial charge in [-0.1, -0.05) is 13.8 Å². The molecule has 0 aromatic carbocycles. The van der Waals surface area contributed by atoms with Gasteiger partial charge in [0.25, 0.3) is 0 Å². The summed E-state index contributed by atoms with van der Waals surface area (Å²) in [7, 11) is 1.35. The van der Waals surface area contributed by atoms with Crippen molar-refractivity contribution in [3.63, 3.8) is 0 Å². The fraction of sp³-hybridized carbons (Fsp3) is 1.00. The zero-order valence-electron chi connectivity index (χ0n) is 8.63. The van der Waals surface area contributed by atoms with E-state index in [0.717, 1.165) is 0 Å². The Bertz CT molecular complexity index is 153. The van der Waals surface area contributed by atoms with Crippen LogP contribution >= 0.6 is 0 Å². The Hall–Kier alpha value is -0.250. The summed E-state index contributed by atoms with van der Waals surface area (Å²) in [4.78, 5) is 0. The monoisotopic (exact) mass is 197 g/mol. The third-order valence-corrected chi connectivity index (χ3v) is 2.40. The molecular formula is C9H18F3N. The van der Waals surface area contributed by atoms with Crippen molar-refractivity contribution in [1.29, 1.82) is 0 Å². The molecule has 0 saturated carbocycles. The van der Waals surface area contributed by atoms with E-state index in [1.165, 1.54) is 14.0 Å². The molecule has 0 rings (SSSR count). The van der Waals surface area contributed by atoms with Crippen LogP contribution in [0.1, 0.15) is 33.6 Å². The zero-order valence-corrected chi connectivity index (χ0v) is 8.63. The van der Waals surface area contributed by atoms with Crippen LogP contribution in [0.2, 0.25) is 0 Å². The summed E-state index contributed by atoms with van der Waals surface area (Å²) in [5.74, 6) is 0.301. The Morgan fingerprint density at radius 2 is 1.69 bits per heavy atom. The quantitative estimate of drug-likeness (QED) is 0.730. The number of rotatable bonds is 4. The Kier molecular flexibility index (Phi) is 4.23. The van der Waals surface area contributed by atoms with Gasteiger partial charge >= 0.3 is 6.18 Å². The molecular weight excluding hydrogens is 179 g/mol. The van der Waals surface area contributed by atoms with Gasteiger partial charge in [0.1, 0.15) is 5.54 Å². The average molecular weight is 197 g/mol. The highest BCUT2D eigenvalue weighted by Crippen LogP contribution is 2.34. The molecule has 0 aliphatic carbocycles. The predicted octanol–water partition coefficient (Wildman–Crippen LogP) is 2.96. The molecule has 0 heterocycles. The van der Waals surface area contributed by atoms with E-state index in [9.17, 15) is 13.2 Å². The standard InChI is InChI=1S/C9H18F3N/c1-7(2)5-6-8(3,13-4)9(10,11)12/h7,13H,5-6H2,1-4H3. The molecule has 0 spiro atoms. The molecule has 0 aromatic heterocycles. The van der Waals surface area contributed by atoms with Crippen LogP contribution in [0.15, 0.2) is 0 Å². The molecule has 4 heteroatoms. The zero-order chi connectivity index (χ0) is 10.7. The average Bonchev–Trinajstić information content (AvgIpc) is 1.98. The molecule has 0 saturated heterocycles. The summed E-state index contributed by atoms with van der Waals surface area (Å²) in [5.41, 5.74) is -1.74. The summed E-state index contributed by atoms with van der Waals surface area (Å²) < 4.78 is 37.5. The first-order valence-electron chi connectivity index (χ1n) is 4.48. The van der Waals surface area contributed by atoms with Crippen molar-refractivity contribution in [3.8, 4) is 0 Å². The fourth-order valence-corrected chi connectivity index (χ4v) is 0.986. The number of alkyl halides is 3. The van der Waals surface area contributed by atoms with E-state index >= 15 is 0 Å². The molecule has 0 fully saturated rings. The maximum absolute atomic E-state index is 12.5. The molecule has 1 N–H and O–H groups in total. The van der Waals surface area contributed by atoms with Gasteiger partial charge in [0.05, 0.1) is 0 Å². The lowest BCUT2D eigenvalue weighted by Crippen LogP contribution is -2.52. The SMILES string of the molecule is CNC(C)(CCC(C)C)C(F)(F)F. The molecule has 1 unspecified atom stereocenters. The number of hydrogen-bond donors (Lipinski definition) is 1. The minimum absolute atomic E-state index is 0.130. The lowest BCUT2D eigenvalue weighted by Gasteiger charge is -2.32. The van der Waals surface area contributed by atoms with E-state index < -0.39 is 11.7 Å². The van der Waals surface area contributed by atoms with Gasteiger partial charge in [0, 0.05) is 0 Å². The van der Waals surface area contributed by atoms with Gasteiger partial charge in [-0.05, 0) is 32.7 Å². The molecule has 0 aliphatic rings. The van der Waals surface area contributed by atoms with Crippen LogP contribution in [0, 0.1) is 5.92 Å². The van der Waals surface area contributed by atoms with Gasteiger partial charge in [-0.25, -0.2) is 0 Å². The van der Waals surface area contributed by atoms with Crippen molar-refractivity contribution in [2.24, 2.45) is 5.92 Å². The van der Waals surface area contributed by atoms with Crippen LogP contribution in [-0.2, 0) is 0 Å². The molecule has 0 radical (unpaired) electrons. The second kappa shape index (κ2) is 4.31. The summed E-state index contributed by atoms with van der Waals surface area (Å²) in [6, 6.07) is 0. The minimum Gasteiger partial charge on any atom is -0.307 e. The minimum atomic E-state index is -4.17. The van der Waals surface area contributed by atoms with E-state index in [1.54, 1.807) is 0 Å². The van der Waals surface area contributed by atoms with Gasteiger partial charge in [0.15, 0.2) is 0 Å². The van der Waals surface area contributed by atoms with E-state index in [2.05, 4.69) is 5.32 Å². The Morgan fingerprint density at radius 3 is 1.92 bits per heavy atom. The van der Waals surface area contributed by atoms with Crippen LogP contribution in [0.25, 0.3) is 0 Å². The van der Waals surface area contributed by atoms with E-state index in [4.69, 9.17) is 0 Å². The van der Waals surface area contributed by atoms with Crippen LogP contribution < -0.4 is 5.32 Å². The van der Waals surface area contributed by atoms with Gasteiger partial charge < -0.3 is 5.32 Å². The molecule has 0 amide bonds. The van der Waals surface area contributed by atoms with Crippen molar-refractivity contribution in [1.82, 2.24) is 5.32 Å². The highest BCUT2D eigenvalue weighted by Gasteiger charge is 2.49. The third-order valence-electron chi connectivity index (χ3n) is 2.40. The summed E-state index contributed by atoms with van der Waals surface area (Å²) in [6.45, 7) is 5.05. The van der Waals surface area contributed by atoms with Gasteiger partial charge in [0.2, 0.25) is 0 Å². The molecule has 0 aromatic rings. The van der Waals surface area contributed by atoms with Crippen molar-refractivity contribution >= 4 is 0 Å². The maximum Gasteiger partial charge on any atom is 0.406 e. The first-order valence-corrected chi connectivity index (χ1v) is 4.48. The normalized spacial score (nSPS) is 17.5. The smallest absolute Gasteiger partial charge is 0.307 e. The maximum atomic E-state index is 12.5. The highest BCUT2D eigenvalue weighted by atomic mass is 19.4. The second-order valence-electron chi connectivity index (χ2n) is 4.01. The molecule has 80 valence electrons. The van der Waals surface area contributed by atoms with Gasteiger partial charge in [-0.2, -0.15) is 13.2 Å². The molecule has 1 atom stereocenters. The van der Waals surface area contributed by atoms with Gasteiger partial charge in [-0.15, -0.1) is 0 Å². The van der Waals surface area contributed by atoms with Crippen molar-refractivity contribution in [2.75, 3.05) is 7.05 Å². The fourth-order valence-electron chi connectivity index (χ4n) is 0.986. The van der Waals surface area contributed by atoms with Crippen LogP contribution in [-0.4, -0.2) is 18.8 Å². The first kappa shape index (κ1) is 12.8. The van der Waals surface area contributed by atoms with Crippen molar-refractivity contribution < 1.29 is 13.2 Å². The van der Waals surface area contributed by atoms with Crippen molar-refractivity contribution in [2.45, 2.75) is 45.3 Å². The van der Waals surface area contributed by atoms with E-state index in [0.29, 0.717) is 12.3 Å². The topological polar surface area (TPSA) is 12.0 Å². The summed E-state index contributed by atoms with van der Waals surface area (Å²) >= 11 is 0. The molecule has 13 heavy (non-hydrogen) atoms. The Morgan fingerprint density at radius 1 is 1.23 bits per heavy atom. The summed E-state index contributed by atoms with van der Waals surface area (Å²) in [5, 5.41) is 2.35. The van der Waals surface area contributed by atoms with E-state index in [-0.39, 0.29) is 6.42 Å². The number of nitrogens with one attached hydrogen (secondary N) is 1. The van der Waals surface area contributed by atoms with Crippen LogP contribution in [0.3, 0.4) is 0 Å². The van der Waals surface area contributed by atoms with Gasteiger partial charge in [-0.3, -0.25) is 0 Å². The molecule has 1 nitrogen and oxygen atoms in total. The Balaban J connectivity index is 4.29. The van der Waals surface area contributed by atoms with Crippen LogP contribution in [0.4, 0.5) is 13.2 Å². The van der Waals surface area contributed by atoms with Crippen LogP contribution in [0.5, 0.6) is 0 Å². The second-order valence-corrected chi connectivity index (χ2v) is 4.01. The van der Waals surface area contributed by atoms with E-state index in [1.807, 2.05) is 13.8 Å². The third kappa shape index (κ3) is 3.55. The molecule has 0 aliphatic heterocycles. The lowest BCUT2D eigenvalue weighted by molar-refractivity contribution is -0.192. The summed E-state index contributed by atoms with van der Waals surface area (Å²) in [6.07, 6.45) is -3.46.